The van der Waals surface area contributed by atoms with Gasteiger partial charge >= 0.3 is 5.97 Å². The zero-order chi connectivity index (χ0) is 23.3. The Labute approximate surface area is 199 Å². The first-order valence-corrected chi connectivity index (χ1v) is 11.7. The first kappa shape index (κ1) is 22.0. The maximum atomic E-state index is 12.1. The van der Waals surface area contributed by atoms with Crippen molar-refractivity contribution in [1.82, 2.24) is 4.98 Å². The van der Waals surface area contributed by atoms with Gasteiger partial charge in [0.15, 0.2) is 5.89 Å². The summed E-state index contributed by atoms with van der Waals surface area (Å²) < 4.78 is 11.8. The van der Waals surface area contributed by atoms with E-state index >= 15 is 0 Å². The molecule has 0 spiro atoms. The highest BCUT2D eigenvalue weighted by Gasteiger charge is 2.27. The lowest BCUT2D eigenvalue weighted by Crippen LogP contribution is -2.30. The Morgan fingerprint density at radius 1 is 0.912 bits per heavy atom. The number of carboxylic acids is 1. The third kappa shape index (κ3) is 4.74. The Hall–Kier alpha value is -3.86. The van der Waals surface area contributed by atoms with E-state index in [9.17, 15) is 9.90 Å². The molecule has 0 saturated carbocycles. The number of ether oxygens (including phenoxy) is 1. The van der Waals surface area contributed by atoms with Crippen LogP contribution in [-0.2, 0) is 24.1 Å². The summed E-state index contributed by atoms with van der Waals surface area (Å²) in [7, 11) is 0. The predicted molar refractivity (Wildman–Crippen MR) is 129 cm³/mol. The molecule has 5 rings (SSSR count). The molecule has 0 radical (unpaired) electrons. The van der Waals surface area contributed by atoms with E-state index in [-0.39, 0.29) is 12.3 Å². The fraction of sp³-hybridized carbons (Fsp3) is 0.241. The van der Waals surface area contributed by atoms with E-state index in [0.29, 0.717) is 11.6 Å². The molecule has 1 atom stereocenters. The number of aryl methyl sites for hydroxylation is 1. The van der Waals surface area contributed by atoms with Gasteiger partial charge in [-0.15, -0.1) is 0 Å². The Balaban J connectivity index is 1.40. The van der Waals surface area contributed by atoms with Gasteiger partial charge in [0.1, 0.15) is 12.0 Å². The molecule has 5 heteroatoms. The number of rotatable bonds is 8. The fourth-order valence-electron chi connectivity index (χ4n) is 4.72. The van der Waals surface area contributed by atoms with E-state index < -0.39 is 12.1 Å². The number of carboxylic acid groups (broad SMARTS) is 1. The monoisotopic (exact) mass is 453 g/mol. The molecule has 1 heterocycles. The van der Waals surface area contributed by atoms with E-state index in [2.05, 4.69) is 30.3 Å². The van der Waals surface area contributed by atoms with E-state index in [0.717, 1.165) is 48.1 Å². The van der Waals surface area contributed by atoms with Crippen molar-refractivity contribution in [3.63, 3.8) is 0 Å². The third-order valence-corrected chi connectivity index (χ3v) is 6.39. The number of aliphatic carboxylic acids is 1. The quantitative estimate of drug-likeness (QED) is 0.365. The number of fused-ring (bicyclic) bond motifs is 1. The van der Waals surface area contributed by atoms with Gasteiger partial charge in [-0.2, -0.15) is 0 Å². The maximum Gasteiger partial charge on any atom is 0.345 e. The number of nitrogens with zero attached hydrogens (tertiary/aromatic N) is 1. The molecular formula is C29H27NO4. The Morgan fingerprint density at radius 3 is 2.26 bits per heavy atom. The molecule has 4 aromatic rings. The second kappa shape index (κ2) is 9.96. The molecule has 1 aliphatic carbocycles. The average molecular weight is 454 g/mol. The van der Waals surface area contributed by atoms with Crippen molar-refractivity contribution in [3.8, 4) is 5.75 Å². The number of benzene rings is 3. The summed E-state index contributed by atoms with van der Waals surface area (Å²) in [5.74, 6) is -0.132. The van der Waals surface area contributed by atoms with Crippen LogP contribution in [0.5, 0.6) is 5.75 Å². The van der Waals surface area contributed by atoms with Crippen LogP contribution in [0.25, 0.3) is 0 Å². The summed E-state index contributed by atoms with van der Waals surface area (Å²) in [6.45, 7) is 0. The molecule has 1 aromatic heterocycles. The van der Waals surface area contributed by atoms with Gasteiger partial charge in [-0.05, 0) is 54.0 Å². The molecule has 1 unspecified atom stereocenters. The molecule has 172 valence electrons. The Bertz CT molecular complexity index is 1210. The largest absolute Gasteiger partial charge is 0.478 e. The van der Waals surface area contributed by atoms with Crippen LogP contribution in [0, 0.1) is 0 Å². The Kier molecular flexibility index (Phi) is 6.43. The molecule has 0 aliphatic heterocycles. The van der Waals surface area contributed by atoms with Gasteiger partial charge in [0.05, 0.1) is 18.0 Å². The number of hydrogen-bond acceptors (Lipinski definition) is 4. The van der Waals surface area contributed by atoms with Crippen molar-refractivity contribution in [3.05, 3.63) is 119 Å². The lowest BCUT2D eigenvalue weighted by Gasteiger charge is -2.21. The zero-order valence-corrected chi connectivity index (χ0v) is 18.9. The van der Waals surface area contributed by atoms with Crippen molar-refractivity contribution < 1.29 is 19.1 Å². The van der Waals surface area contributed by atoms with Gasteiger partial charge in [0, 0.05) is 0 Å². The molecule has 5 nitrogen and oxygen atoms in total. The molecule has 1 aliphatic rings. The fourth-order valence-corrected chi connectivity index (χ4v) is 4.72. The maximum absolute atomic E-state index is 12.1. The van der Waals surface area contributed by atoms with Crippen LogP contribution in [0.4, 0.5) is 0 Å². The van der Waals surface area contributed by atoms with Crippen molar-refractivity contribution in [2.45, 2.75) is 44.1 Å². The van der Waals surface area contributed by atoms with Gasteiger partial charge in [0.25, 0.3) is 0 Å². The predicted octanol–water partition coefficient (Wildman–Crippen LogP) is 5.81. The topological polar surface area (TPSA) is 72.6 Å². The number of oxazole rings is 1. The molecule has 0 saturated heterocycles. The summed E-state index contributed by atoms with van der Waals surface area (Å²) in [4.78, 5) is 16.8. The third-order valence-electron chi connectivity index (χ3n) is 6.39. The average Bonchev–Trinajstić information content (AvgIpc) is 3.33. The SMILES string of the molecule is O=C(O)C(Cc1nc(C(c2ccccc2)c2ccccc2)co1)Oc1cccc2c1CCCC2. The van der Waals surface area contributed by atoms with Gasteiger partial charge in [-0.3, -0.25) is 0 Å². The summed E-state index contributed by atoms with van der Waals surface area (Å²) >= 11 is 0. The molecule has 34 heavy (non-hydrogen) atoms. The lowest BCUT2D eigenvalue weighted by atomic mass is 9.89. The molecule has 3 aromatic carbocycles. The van der Waals surface area contributed by atoms with Crippen LogP contribution in [0.15, 0.2) is 89.5 Å². The second-order valence-corrected chi connectivity index (χ2v) is 8.67. The standard InChI is InChI=1S/C29H27NO4/c31-29(32)26(34-25-17-9-15-20-10-7-8-16-23(20)25)18-27-30-24(19-33-27)28(21-11-3-1-4-12-21)22-13-5-2-6-14-22/h1-6,9,11-15,17,19,26,28H,7-8,10,16,18H2,(H,31,32). The second-order valence-electron chi connectivity index (χ2n) is 8.67. The van der Waals surface area contributed by atoms with Gasteiger partial charge in [-0.1, -0.05) is 72.8 Å². The first-order chi connectivity index (χ1) is 16.7. The van der Waals surface area contributed by atoms with Crippen LogP contribution >= 0.6 is 0 Å². The minimum Gasteiger partial charge on any atom is -0.478 e. The van der Waals surface area contributed by atoms with E-state index in [4.69, 9.17) is 14.1 Å². The summed E-state index contributed by atoms with van der Waals surface area (Å²) in [5.41, 5.74) is 5.31. The van der Waals surface area contributed by atoms with Crippen LogP contribution < -0.4 is 4.74 Å². The number of hydrogen-bond donors (Lipinski definition) is 1. The first-order valence-electron chi connectivity index (χ1n) is 11.7. The summed E-state index contributed by atoms with van der Waals surface area (Å²) in [6.07, 6.45) is 4.77. The highest BCUT2D eigenvalue weighted by atomic mass is 16.5. The van der Waals surface area contributed by atoms with Crippen molar-refractivity contribution in [2.75, 3.05) is 0 Å². The van der Waals surface area contributed by atoms with E-state index in [1.165, 1.54) is 5.56 Å². The summed E-state index contributed by atoms with van der Waals surface area (Å²) in [5, 5.41) is 9.88. The molecule has 1 N–H and O–H groups in total. The number of carbonyl (C=O) groups is 1. The highest BCUT2D eigenvalue weighted by Crippen LogP contribution is 2.33. The molecule has 0 bridgehead atoms. The minimum atomic E-state index is -1.08. The van der Waals surface area contributed by atoms with Crippen molar-refractivity contribution in [1.29, 1.82) is 0 Å². The molecule has 0 amide bonds. The molecule has 0 fully saturated rings. The van der Waals surface area contributed by atoms with E-state index in [1.807, 2.05) is 48.5 Å². The highest BCUT2D eigenvalue weighted by molar-refractivity contribution is 5.73. The smallest absolute Gasteiger partial charge is 0.345 e. The summed E-state index contributed by atoms with van der Waals surface area (Å²) in [6, 6.07) is 26.1. The van der Waals surface area contributed by atoms with Crippen molar-refractivity contribution in [2.24, 2.45) is 0 Å². The van der Waals surface area contributed by atoms with Gasteiger partial charge < -0.3 is 14.3 Å². The van der Waals surface area contributed by atoms with Crippen LogP contribution in [0.1, 0.15) is 52.6 Å². The van der Waals surface area contributed by atoms with E-state index in [1.54, 1.807) is 6.26 Å². The van der Waals surface area contributed by atoms with Gasteiger partial charge in [-0.25, -0.2) is 9.78 Å². The van der Waals surface area contributed by atoms with Crippen molar-refractivity contribution >= 4 is 5.97 Å². The number of aromatic nitrogens is 1. The Morgan fingerprint density at radius 2 is 1.59 bits per heavy atom. The zero-order valence-electron chi connectivity index (χ0n) is 18.9. The lowest BCUT2D eigenvalue weighted by molar-refractivity contribution is -0.145. The normalized spacial score (nSPS) is 13.9. The van der Waals surface area contributed by atoms with Gasteiger partial charge in [0.2, 0.25) is 6.10 Å². The van der Waals surface area contributed by atoms with Crippen LogP contribution in [-0.4, -0.2) is 22.2 Å². The molecular weight excluding hydrogens is 426 g/mol. The van der Waals surface area contributed by atoms with Crippen LogP contribution in [0.3, 0.4) is 0 Å². The minimum absolute atomic E-state index is 0.0509. The van der Waals surface area contributed by atoms with Crippen LogP contribution in [0.2, 0.25) is 0 Å².